The van der Waals surface area contributed by atoms with Crippen LogP contribution in [0.3, 0.4) is 0 Å². The summed E-state index contributed by atoms with van der Waals surface area (Å²) in [5.41, 5.74) is 10.6. The molecule has 0 spiro atoms. The van der Waals surface area contributed by atoms with Gasteiger partial charge in [0.15, 0.2) is 0 Å². The van der Waals surface area contributed by atoms with E-state index in [1.807, 2.05) is 24.3 Å². The fourth-order valence-electron chi connectivity index (χ4n) is 4.60. The normalized spacial score (nSPS) is 18.4. The first-order chi connectivity index (χ1) is 15.7. The molecule has 2 fully saturated rings. The number of pyridine rings is 1. The molecule has 0 atom stereocenters. The van der Waals surface area contributed by atoms with Crippen LogP contribution in [0, 0.1) is 0 Å². The minimum absolute atomic E-state index is 0.457. The van der Waals surface area contributed by atoms with E-state index < -0.39 is 0 Å². The van der Waals surface area contributed by atoms with Gasteiger partial charge in [0, 0.05) is 43.4 Å². The lowest BCUT2D eigenvalue weighted by molar-refractivity contribution is 0.395. The van der Waals surface area contributed by atoms with E-state index in [1.165, 1.54) is 32.1 Å². The van der Waals surface area contributed by atoms with Crippen LogP contribution in [-0.4, -0.2) is 37.2 Å². The summed E-state index contributed by atoms with van der Waals surface area (Å²) in [6, 6.07) is 15.2. The van der Waals surface area contributed by atoms with Crippen LogP contribution in [0.5, 0.6) is 0 Å². The maximum absolute atomic E-state index is 6.47. The van der Waals surface area contributed by atoms with E-state index in [1.54, 1.807) is 0 Å². The number of nitrogens with two attached hydrogens (primary N) is 1. The first-order valence-electron chi connectivity index (χ1n) is 11.8. The molecule has 2 aromatic rings. The van der Waals surface area contributed by atoms with Gasteiger partial charge in [-0.05, 0) is 36.6 Å². The number of anilines is 1. The van der Waals surface area contributed by atoms with Crippen LogP contribution in [0.4, 0.5) is 5.82 Å². The van der Waals surface area contributed by atoms with Crippen molar-refractivity contribution in [2.45, 2.75) is 38.1 Å². The van der Waals surface area contributed by atoms with Crippen molar-refractivity contribution in [1.29, 1.82) is 0 Å². The standard InChI is InChI=1S/C27H35N5/c1-2-9-22(20-25(28)30-23-12-7-4-8-13-23)27-24(21-10-5-3-6-11-21)14-15-26(31-27)32-18-16-29-17-19-32/h2-3,5-6,9-11,14-15,20,23,29-30H,1,4,7-8,12-13,16-19,28H2/b22-9+,25-20+. The minimum atomic E-state index is 0.457. The van der Waals surface area contributed by atoms with E-state index in [2.05, 4.69) is 58.5 Å². The third kappa shape index (κ3) is 5.60. The van der Waals surface area contributed by atoms with Crippen molar-refractivity contribution in [3.05, 3.63) is 78.8 Å². The van der Waals surface area contributed by atoms with E-state index in [9.17, 15) is 0 Å². The molecule has 1 aromatic carbocycles. The minimum Gasteiger partial charge on any atom is -0.386 e. The van der Waals surface area contributed by atoms with Gasteiger partial charge in [-0.1, -0.05) is 68.3 Å². The number of aromatic nitrogens is 1. The molecule has 32 heavy (non-hydrogen) atoms. The predicted molar refractivity (Wildman–Crippen MR) is 135 cm³/mol. The van der Waals surface area contributed by atoms with Crippen molar-refractivity contribution < 1.29 is 0 Å². The highest BCUT2D eigenvalue weighted by Crippen LogP contribution is 2.31. The molecule has 168 valence electrons. The van der Waals surface area contributed by atoms with E-state index >= 15 is 0 Å². The predicted octanol–water partition coefficient (Wildman–Crippen LogP) is 4.45. The molecule has 2 heterocycles. The highest BCUT2D eigenvalue weighted by atomic mass is 15.2. The van der Waals surface area contributed by atoms with E-state index in [0.717, 1.165) is 54.4 Å². The van der Waals surface area contributed by atoms with Crippen molar-refractivity contribution in [2.24, 2.45) is 5.73 Å². The molecule has 1 aromatic heterocycles. The first-order valence-corrected chi connectivity index (χ1v) is 11.8. The Labute approximate surface area is 192 Å². The molecule has 1 saturated heterocycles. The Hall–Kier alpha value is -3.05. The monoisotopic (exact) mass is 429 g/mol. The molecular weight excluding hydrogens is 394 g/mol. The lowest BCUT2D eigenvalue weighted by atomic mass is 9.95. The topological polar surface area (TPSA) is 66.2 Å². The Morgan fingerprint density at radius 1 is 1.06 bits per heavy atom. The number of hydrogen-bond donors (Lipinski definition) is 3. The molecule has 0 bridgehead atoms. The molecule has 1 saturated carbocycles. The summed E-state index contributed by atoms with van der Waals surface area (Å²) in [5, 5.41) is 6.95. The molecular formula is C27H35N5. The zero-order valence-electron chi connectivity index (χ0n) is 18.9. The third-order valence-electron chi connectivity index (χ3n) is 6.26. The number of benzene rings is 1. The number of piperazine rings is 1. The van der Waals surface area contributed by atoms with Gasteiger partial charge in [0.25, 0.3) is 0 Å². The summed E-state index contributed by atoms with van der Waals surface area (Å²) in [6.45, 7) is 7.82. The molecule has 0 unspecified atom stereocenters. The van der Waals surface area contributed by atoms with Crippen molar-refractivity contribution in [1.82, 2.24) is 15.6 Å². The summed E-state index contributed by atoms with van der Waals surface area (Å²) in [4.78, 5) is 7.49. The van der Waals surface area contributed by atoms with E-state index in [0.29, 0.717) is 11.9 Å². The van der Waals surface area contributed by atoms with Gasteiger partial charge in [0.2, 0.25) is 0 Å². The molecule has 5 nitrogen and oxygen atoms in total. The molecule has 1 aliphatic carbocycles. The Morgan fingerprint density at radius 2 is 1.81 bits per heavy atom. The maximum atomic E-state index is 6.47. The number of rotatable bonds is 7. The molecule has 2 aliphatic rings. The summed E-state index contributed by atoms with van der Waals surface area (Å²) in [7, 11) is 0. The van der Waals surface area contributed by atoms with Crippen LogP contribution >= 0.6 is 0 Å². The van der Waals surface area contributed by atoms with Gasteiger partial charge in [-0.3, -0.25) is 0 Å². The summed E-state index contributed by atoms with van der Waals surface area (Å²) < 4.78 is 0. The first kappa shape index (κ1) is 22.2. The second-order valence-corrected chi connectivity index (χ2v) is 8.61. The smallest absolute Gasteiger partial charge is 0.129 e. The third-order valence-corrected chi connectivity index (χ3v) is 6.26. The molecule has 1 aliphatic heterocycles. The second-order valence-electron chi connectivity index (χ2n) is 8.61. The Balaban J connectivity index is 1.71. The average molecular weight is 430 g/mol. The van der Waals surface area contributed by atoms with Crippen molar-refractivity contribution in [2.75, 3.05) is 31.1 Å². The van der Waals surface area contributed by atoms with Crippen LogP contribution < -0.4 is 21.3 Å². The van der Waals surface area contributed by atoms with E-state index in [-0.39, 0.29) is 0 Å². The second kappa shape index (κ2) is 11.0. The lowest BCUT2D eigenvalue weighted by Crippen LogP contribution is -2.43. The molecule has 4 N–H and O–H groups in total. The summed E-state index contributed by atoms with van der Waals surface area (Å²) in [6.07, 6.45) is 12.1. The van der Waals surface area contributed by atoms with Gasteiger partial charge >= 0.3 is 0 Å². The highest BCUT2D eigenvalue weighted by Gasteiger charge is 2.18. The van der Waals surface area contributed by atoms with Gasteiger partial charge in [-0.25, -0.2) is 4.98 Å². The highest BCUT2D eigenvalue weighted by molar-refractivity contribution is 5.85. The van der Waals surface area contributed by atoms with Crippen LogP contribution in [-0.2, 0) is 0 Å². The van der Waals surface area contributed by atoms with Gasteiger partial charge in [-0.15, -0.1) is 0 Å². The number of allylic oxidation sites excluding steroid dienone is 4. The largest absolute Gasteiger partial charge is 0.386 e. The number of nitrogens with zero attached hydrogens (tertiary/aromatic N) is 2. The Kier molecular flexibility index (Phi) is 7.62. The Bertz CT molecular complexity index is 951. The molecule has 0 radical (unpaired) electrons. The molecule has 0 amide bonds. The molecule has 5 heteroatoms. The zero-order chi connectivity index (χ0) is 22.2. The number of nitrogens with one attached hydrogen (secondary N) is 2. The van der Waals surface area contributed by atoms with Gasteiger partial charge in [0.05, 0.1) is 11.5 Å². The Morgan fingerprint density at radius 3 is 2.53 bits per heavy atom. The van der Waals surface area contributed by atoms with Gasteiger partial charge in [-0.2, -0.15) is 0 Å². The van der Waals surface area contributed by atoms with Crippen LogP contribution in [0.15, 0.2) is 73.1 Å². The quantitative estimate of drug-likeness (QED) is 0.568. The summed E-state index contributed by atoms with van der Waals surface area (Å²) >= 11 is 0. The van der Waals surface area contributed by atoms with Crippen molar-refractivity contribution >= 4 is 11.4 Å². The van der Waals surface area contributed by atoms with E-state index in [4.69, 9.17) is 10.7 Å². The van der Waals surface area contributed by atoms with Crippen LogP contribution in [0.1, 0.15) is 37.8 Å². The lowest BCUT2D eigenvalue weighted by Gasteiger charge is -2.29. The fourth-order valence-corrected chi connectivity index (χ4v) is 4.60. The van der Waals surface area contributed by atoms with Crippen LogP contribution in [0.2, 0.25) is 0 Å². The van der Waals surface area contributed by atoms with Gasteiger partial charge in [0.1, 0.15) is 5.82 Å². The maximum Gasteiger partial charge on any atom is 0.129 e. The van der Waals surface area contributed by atoms with Crippen LogP contribution in [0.25, 0.3) is 16.7 Å². The number of hydrogen-bond acceptors (Lipinski definition) is 5. The average Bonchev–Trinajstić information content (AvgIpc) is 2.85. The zero-order valence-corrected chi connectivity index (χ0v) is 18.9. The molecule has 4 rings (SSSR count). The fraction of sp³-hybridized carbons (Fsp3) is 0.370. The SMILES string of the molecule is C=C/C=C(\C=C(/N)NC1CCCCC1)c1nc(N2CCNCC2)ccc1-c1ccccc1. The van der Waals surface area contributed by atoms with Crippen molar-refractivity contribution in [3.8, 4) is 11.1 Å². The summed E-state index contributed by atoms with van der Waals surface area (Å²) in [5.74, 6) is 1.70. The van der Waals surface area contributed by atoms with Crippen molar-refractivity contribution in [3.63, 3.8) is 0 Å². The van der Waals surface area contributed by atoms with Gasteiger partial charge < -0.3 is 21.3 Å².